The van der Waals surface area contributed by atoms with Crippen LogP contribution in [0.3, 0.4) is 0 Å². The number of thiocarbonyl (C=S) groups is 1. The van der Waals surface area contributed by atoms with Gasteiger partial charge in [-0.05, 0) is 40.2 Å². The number of aromatic nitrogens is 2. The molecule has 2 N–H and O–H groups in total. The summed E-state index contributed by atoms with van der Waals surface area (Å²) in [6.07, 6.45) is 1.51. The van der Waals surface area contributed by atoms with Gasteiger partial charge >= 0.3 is 0 Å². The van der Waals surface area contributed by atoms with Gasteiger partial charge in [-0.2, -0.15) is 5.10 Å². The molecule has 0 spiro atoms. The molecule has 0 bridgehead atoms. The molecule has 1 aromatic heterocycles. The summed E-state index contributed by atoms with van der Waals surface area (Å²) in [7, 11) is 0. The number of nitrogens with zero attached hydrogens (tertiary/aromatic N) is 2. The van der Waals surface area contributed by atoms with E-state index in [-0.39, 0.29) is 10.9 Å². The molecule has 0 fully saturated rings. The van der Waals surface area contributed by atoms with Crippen molar-refractivity contribution in [2.45, 2.75) is 0 Å². The van der Waals surface area contributed by atoms with Crippen LogP contribution in [-0.4, -0.2) is 15.2 Å². The Kier molecular flexibility index (Phi) is 4.26. The van der Waals surface area contributed by atoms with Crippen molar-refractivity contribution in [3.63, 3.8) is 0 Å². The van der Waals surface area contributed by atoms with Gasteiger partial charge in [0.05, 0.1) is 16.2 Å². The Labute approximate surface area is 126 Å². The molecule has 18 heavy (non-hydrogen) atoms. The first-order chi connectivity index (χ1) is 8.58. The summed E-state index contributed by atoms with van der Waals surface area (Å²) in [4.78, 5) is 0.216. The maximum atomic E-state index is 5.65. The Morgan fingerprint density at radius 1 is 1.28 bits per heavy atom. The molecule has 1 aromatic carbocycles. The summed E-state index contributed by atoms with van der Waals surface area (Å²) in [5, 5.41) is 7.64. The van der Waals surface area contributed by atoms with Gasteiger partial charge in [-0.1, -0.05) is 28.1 Å². The van der Waals surface area contributed by atoms with Gasteiger partial charge in [0.25, 0.3) is 0 Å². The number of halogens is 2. The SMILES string of the molecule is NC(=S)c1ccnnc1Oc1ccc(Br)cc1Br. The Morgan fingerprint density at radius 2 is 2.06 bits per heavy atom. The van der Waals surface area contributed by atoms with Gasteiger partial charge in [0.2, 0.25) is 5.88 Å². The van der Waals surface area contributed by atoms with Gasteiger partial charge < -0.3 is 10.5 Å². The van der Waals surface area contributed by atoms with Crippen molar-refractivity contribution in [2.75, 3.05) is 0 Å². The van der Waals surface area contributed by atoms with Crippen LogP contribution in [0.5, 0.6) is 11.6 Å². The van der Waals surface area contributed by atoms with E-state index in [1.165, 1.54) is 6.20 Å². The predicted molar refractivity (Wildman–Crippen MR) is 79.8 cm³/mol. The van der Waals surface area contributed by atoms with Crippen LogP contribution in [0, 0.1) is 0 Å². The number of ether oxygens (including phenoxy) is 1. The highest BCUT2D eigenvalue weighted by molar-refractivity contribution is 9.11. The zero-order valence-corrected chi connectivity index (χ0v) is 12.9. The first-order valence-corrected chi connectivity index (χ1v) is 6.82. The summed E-state index contributed by atoms with van der Waals surface area (Å²) in [6, 6.07) is 7.19. The highest BCUT2D eigenvalue weighted by Gasteiger charge is 2.11. The molecule has 0 radical (unpaired) electrons. The van der Waals surface area contributed by atoms with Crippen molar-refractivity contribution in [3.8, 4) is 11.6 Å². The van der Waals surface area contributed by atoms with E-state index in [9.17, 15) is 0 Å². The molecule has 0 amide bonds. The van der Waals surface area contributed by atoms with E-state index in [1.54, 1.807) is 12.1 Å². The van der Waals surface area contributed by atoms with E-state index in [0.717, 1.165) is 8.95 Å². The second kappa shape index (κ2) is 5.73. The monoisotopic (exact) mass is 387 g/mol. The third-order valence-electron chi connectivity index (χ3n) is 2.05. The molecule has 0 atom stereocenters. The van der Waals surface area contributed by atoms with Crippen molar-refractivity contribution < 1.29 is 4.74 Å². The Hall–Kier alpha value is -1.05. The fourth-order valence-electron chi connectivity index (χ4n) is 1.24. The quantitative estimate of drug-likeness (QED) is 0.816. The predicted octanol–water partition coefficient (Wildman–Crippen LogP) is 3.43. The third kappa shape index (κ3) is 3.04. The zero-order chi connectivity index (χ0) is 13.1. The number of rotatable bonds is 3. The van der Waals surface area contributed by atoms with E-state index < -0.39 is 0 Å². The molecule has 0 aliphatic heterocycles. The zero-order valence-electron chi connectivity index (χ0n) is 8.93. The lowest BCUT2D eigenvalue weighted by Gasteiger charge is -2.09. The minimum absolute atomic E-state index is 0.216. The molecule has 1 heterocycles. The lowest BCUT2D eigenvalue weighted by molar-refractivity contribution is 0.451. The molecule has 92 valence electrons. The van der Waals surface area contributed by atoms with Crippen molar-refractivity contribution in [3.05, 3.63) is 45.0 Å². The number of hydrogen-bond acceptors (Lipinski definition) is 4. The molecule has 0 saturated carbocycles. The lowest BCUT2D eigenvalue weighted by atomic mass is 10.3. The molecule has 0 unspecified atom stereocenters. The smallest absolute Gasteiger partial charge is 0.249 e. The highest BCUT2D eigenvalue weighted by Crippen LogP contribution is 2.32. The third-order valence-corrected chi connectivity index (χ3v) is 3.39. The summed E-state index contributed by atoms with van der Waals surface area (Å²) in [5.41, 5.74) is 6.15. The van der Waals surface area contributed by atoms with Crippen molar-refractivity contribution in [1.82, 2.24) is 10.2 Å². The average molecular weight is 389 g/mol. The average Bonchev–Trinajstić information content (AvgIpc) is 2.33. The Balaban J connectivity index is 2.37. The standard InChI is InChI=1S/C11H7Br2N3OS/c12-6-1-2-9(8(13)5-6)17-11-7(10(14)18)3-4-15-16-11/h1-5H,(H2,14,18). The Bertz CT molecular complexity index is 607. The largest absolute Gasteiger partial charge is 0.436 e. The second-order valence-electron chi connectivity index (χ2n) is 3.29. The fourth-order valence-corrected chi connectivity index (χ4v) is 2.53. The van der Waals surface area contributed by atoms with E-state index in [4.69, 9.17) is 22.7 Å². The Morgan fingerprint density at radius 3 is 2.72 bits per heavy atom. The summed E-state index contributed by atoms with van der Waals surface area (Å²) in [6.45, 7) is 0. The van der Waals surface area contributed by atoms with E-state index >= 15 is 0 Å². The normalized spacial score (nSPS) is 10.1. The van der Waals surface area contributed by atoms with E-state index in [0.29, 0.717) is 11.3 Å². The van der Waals surface area contributed by atoms with Gasteiger partial charge in [0.15, 0.2) is 0 Å². The van der Waals surface area contributed by atoms with Crippen LogP contribution in [0.1, 0.15) is 5.56 Å². The summed E-state index contributed by atoms with van der Waals surface area (Å²) < 4.78 is 7.38. The molecule has 0 saturated heterocycles. The van der Waals surface area contributed by atoms with Crippen LogP contribution in [0.15, 0.2) is 39.4 Å². The van der Waals surface area contributed by atoms with Crippen molar-refractivity contribution in [2.24, 2.45) is 5.73 Å². The van der Waals surface area contributed by atoms with Gasteiger partial charge in [0.1, 0.15) is 10.7 Å². The summed E-state index contributed by atoms with van der Waals surface area (Å²) >= 11 is 11.7. The van der Waals surface area contributed by atoms with E-state index in [2.05, 4.69) is 42.1 Å². The highest BCUT2D eigenvalue weighted by atomic mass is 79.9. The van der Waals surface area contributed by atoms with Crippen molar-refractivity contribution in [1.29, 1.82) is 0 Å². The summed E-state index contributed by atoms with van der Waals surface area (Å²) in [5.74, 6) is 0.893. The minimum atomic E-state index is 0.216. The van der Waals surface area contributed by atoms with Crippen LogP contribution in [-0.2, 0) is 0 Å². The lowest BCUT2D eigenvalue weighted by Crippen LogP contribution is -2.12. The topological polar surface area (TPSA) is 61.0 Å². The molecule has 4 nitrogen and oxygen atoms in total. The molecule has 0 aliphatic carbocycles. The fraction of sp³-hybridized carbons (Fsp3) is 0. The maximum absolute atomic E-state index is 5.65. The first kappa shape index (κ1) is 13.4. The molecular formula is C11H7Br2N3OS. The van der Waals surface area contributed by atoms with Crippen LogP contribution < -0.4 is 10.5 Å². The van der Waals surface area contributed by atoms with E-state index in [1.807, 2.05) is 12.1 Å². The molecule has 2 rings (SSSR count). The van der Waals surface area contributed by atoms with Gasteiger partial charge in [-0.3, -0.25) is 0 Å². The molecule has 0 aliphatic rings. The number of benzene rings is 1. The number of hydrogen-bond donors (Lipinski definition) is 1. The molecule has 7 heteroatoms. The van der Waals surface area contributed by atoms with Crippen molar-refractivity contribution >= 4 is 49.1 Å². The maximum Gasteiger partial charge on any atom is 0.249 e. The molecular weight excluding hydrogens is 382 g/mol. The number of nitrogens with two attached hydrogens (primary N) is 1. The minimum Gasteiger partial charge on any atom is -0.436 e. The van der Waals surface area contributed by atoms with Crippen LogP contribution in [0.25, 0.3) is 0 Å². The second-order valence-corrected chi connectivity index (χ2v) is 5.50. The van der Waals surface area contributed by atoms with Crippen LogP contribution in [0.4, 0.5) is 0 Å². The van der Waals surface area contributed by atoms with Gasteiger partial charge in [-0.15, -0.1) is 5.10 Å². The molecule has 2 aromatic rings. The first-order valence-electron chi connectivity index (χ1n) is 4.82. The van der Waals surface area contributed by atoms with Crippen LogP contribution >= 0.6 is 44.1 Å². The van der Waals surface area contributed by atoms with Crippen LogP contribution in [0.2, 0.25) is 0 Å². The van der Waals surface area contributed by atoms with Gasteiger partial charge in [0, 0.05) is 4.47 Å². The van der Waals surface area contributed by atoms with Gasteiger partial charge in [-0.25, -0.2) is 0 Å².